The zero-order valence-electron chi connectivity index (χ0n) is 12.4. The zero-order valence-corrected chi connectivity index (χ0v) is 12.4. The van der Waals surface area contributed by atoms with E-state index in [9.17, 15) is 0 Å². The number of rotatable bonds is 4. The molecule has 1 aliphatic carbocycles. The second-order valence-electron chi connectivity index (χ2n) is 6.52. The van der Waals surface area contributed by atoms with Crippen LogP contribution in [-0.2, 0) is 6.42 Å². The van der Waals surface area contributed by atoms with Gasteiger partial charge in [0.2, 0.25) is 0 Å². The molecule has 0 amide bonds. The smallest absolute Gasteiger partial charge is 0.0196 e. The lowest BCUT2D eigenvalue weighted by Crippen LogP contribution is -2.24. The SMILES string of the molecule is CC(C)c1cccc(-c2ccc(CC3(N)CC3)cc2)c1. The molecule has 0 aromatic heterocycles. The van der Waals surface area contributed by atoms with Gasteiger partial charge in [-0.25, -0.2) is 0 Å². The van der Waals surface area contributed by atoms with E-state index in [4.69, 9.17) is 5.73 Å². The van der Waals surface area contributed by atoms with Gasteiger partial charge in [0.15, 0.2) is 0 Å². The fourth-order valence-corrected chi connectivity index (χ4v) is 2.64. The summed E-state index contributed by atoms with van der Waals surface area (Å²) in [5.41, 5.74) is 11.6. The Bertz CT molecular complexity index is 591. The molecule has 3 rings (SSSR count). The Balaban J connectivity index is 1.81. The van der Waals surface area contributed by atoms with Crippen molar-refractivity contribution in [2.24, 2.45) is 5.73 Å². The summed E-state index contributed by atoms with van der Waals surface area (Å²) >= 11 is 0. The van der Waals surface area contributed by atoms with Crippen LogP contribution in [0.4, 0.5) is 0 Å². The van der Waals surface area contributed by atoms with Gasteiger partial charge in [0.1, 0.15) is 0 Å². The summed E-state index contributed by atoms with van der Waals surface area (Å²) in [4.78, 5) is 0. The minimum atomic E-state index is 0.0963. The van der Waals surface area contributed by atoms with Gasteiger partial charge >= 0.3 is 0 Å². The largest absolute Gasteiger partial charge is 0.325 e. The molecule has 2 N–H and O–H groups in total. The van der Waals surface area contributed by atoms with Gasteiger partial charge in [-0.1, -0.05) is 62.4 Å². The Labute approximate surface area is 121 Å². The summed E-state index contributed by atoms with van der Waals surface area (Å²) in [7, 11) is 0. The summed E-state index contributed by atoms with van der Waals surface area (Å²) in [6.07, 6.45) is 3.36. The molecule has 2 aromatic rings. The molecule has 2 aromatic carbocycles. The van der Waals surface area contributed by atoms with E-state index >= 15 is 0 Å². The van der Waals surface area contributed by atoms with E-state index in [0.717, 1.165) is 6.42 Å². The van der Waals surface area contributed by atoms with E-state index in [2.05, 4.69) is 62.4 Å². The molecule has 1 fully saturated rings. The van der Waals surface area contributed by atoms with Crippen molar-refractivity contribution in [2.75, 3.05) is 0 Å². The predicted octanol–water partition coefficient (Wildman–Crippen LogP) is 4.51. The monoisotopic (exact) mass is 265 g/mol. The first-order chi connectivity index (χ1) is 9.56. The van der Waals surface area contributed by atoms with Crippen molar-refractivity contribution >= 4 is 0 Å². The molecule has 0 saturated heterocycles. The average Bonchev–Trinajstić information content (AvgIpc) is 3.17. The first-order valence-electron chi connectivity index (χ1n) is 7.54. The number of nitrogens with two attached hydrogens (primary N) is 1. The molecule has 1 aliphatic rings. The molecule has 0 atom stereocenters. The van der Waals surface area contributed by atoms with Gasteiger partial charge in [0.25, 0.3) is 0 Å². The van der Waals surface area contributed by atoms with E-state index in [-0.39, 0.29) is 5.54 Å². The standard InChI is InChI=1S/C19H23N/c1-14(2)17-4-3-5-18(12-17)16-8-6-15(7-9-16)13-19(20)10-11-19/h3-9,12,14H,10-11,13,20H2,1-2H3. The molecule has 1 nitrogen and oxygen atoms in total. The third-order valence-electron chi connectivity index (χ3n) is 4.29. The van der Waals surface area contributed by atoms with Crippen LogP contribution in [0, 0.1) is 0 Å². The van der Waals surface area contributed by atoms with Crippen LogP contribution in [-0.4, -0.2) is 5.54 Å². The van der Waals surface area contributed by atoms with Gasteiger partial charge in [-0.15, -0.1) is 0 Å². The molecule has 0 aliphatic heterocycles. The lowest BCUT2D eigenvalue weighted by Gasteiger charge is -2.11. The van der Waals surface area contributed by atoms with Gasteiger partial charge in [0.05, 0.1) is 0 Å². The van der Waals surface area contributed by atoms with Gasteiger partial charge in [-0.2, -0.15) is 0 Å². The summed E-state index contributed by atoms with van der Waals surface area (Å²) < 4.78 is 0. The average molecular weight is 265 g/mol. The van der Waals surface area contributed by atoms with Crippen LogP contribution in [0.15, 0.2) is 48.5 Å². The number of hydrogen-bond acceptors (Lipinski definition) is 1. The zero-order chi connectivity index (χ0) is 14.2. The molecule has 0 radical (unpaired) electrons. The number of hydrogen-bond donors (Lipinski definition) is 1. The Morgan fingerprint density at radius 1 is 1.00 bits per heavy atom. The van der Waals surface area contributed by atoms with Crippen LogP contribution < -0.4 is 5.73 Å². The van der Waals surface area contributed by atoms with Crippen LogP contribution in [0.1, 0.15) is 43.7 Å². The van der Waals surface area contributed by atoms with E-state index < -0.39 is 0 Å². The molecule has 0 unspecified atom stereocenters. The van der Waals surface area contributed by atoms with Crippen molar-refractivity contribution in [1.29, 1.82) is 0 Å². The van der Waals surface area contributed by atoms with Crippen LogP contribution in [0.25, 0.3) is 11.1 Å². The highest BCUT2D eigenvalue weighted by Gasteiger charge is 2.37. The fourth-order valence-electron chi connectivity index (χ4n) is 2.64. The molecule has 1 heteroatoms. The maximum atomic E-state index is 6.18. The van der Waals surface area contributed by atoms with Gasteiger partial charge in [0, 0.05) is 5.54 Å². The predicted molar refractivity (Wildman–Crippen MR) is 85.8 cm³/mol. The van der Waals surface area contributed by atoms with Crippen molar-refractivity contribution in [1.82, 2.24) is 0 Å². The highest BCUT2D eigenvalue weighted by Crippen LogP contribution is 2.36. The molecule has 1 saturated carbocycles. The lowest BCUT2D eigenvalue weighted by molar-refractivity contribution is 0.672. The highest BCUT2D eigenvalue weighted by atomic mass is 14.8. The van der Waals surface area contributed by atoms with Crippen molar-refractivity contribution in [3.8, 4) is 11.1 Å². The Kier molecular flexibility index (Phi) is 3.39. The van der Waals surface area contributed by atoms with E-state index in [1.165, 1.54) is 35.1 Å². The maximum absolute atomic E-state index is 6.18. The van der Waals surface area contributed by atoms with Crippen LogP contribution in [0.3, 0.4) is 0 Å². The Morgan fingerprint density at radius 2 is 1.70 bits per heavy atom. The van der Waals surface area contributed by atoms with Gasteiger partial charge in [-0.05, 0) is 47.4 Å². The third-order valence-corrected chi connectivity index (χ3v) is 4.29. The van der Waals surface area contributed by atoms with Crippen LogP contribution in [0.2, 0.25) is 0 Å². The van der Waals surface area contributed by atoms with Crippen LogP contribution in [0.5, 0.6) is 0 Å². The first kappa shape index (κ1) is 13.4. The molecule has 0 bridgehead atoms. The molecule has 0 heterocycles. The van der Waals surface area contributed by atoms with E-state index in [1.807, 2.05) is 0 Å². The summed E-state index contributed by atoms with van der Waals surface area (Å²) in [5, 5.41) is 0. The van der Waals surface area contributed by atoms with Gasteiger partial charge in [-0.3, -0.25) is 0 Å². The second-order valence-corrected chi connectivity index (χ2v) is 6.52. The molecular weight excluding hydrogens is 242 g/mol. The molecular formula is C19H23N. The summed E-state index contributed by atoms with van der Waals surface area (Å²) in [6.45, 7) is 4.47. The first-order valence-corrected chi connectivity index (χ1v) is 7.54. The van der Waals surface area contributed by atoms with Crippen molar-refractivity contribution in [3.63, 3.8) is 0 Å². The minimum Gasteiger partial charge on any atom is -0.325 e. The van der Waals surface area contributed by atoms with Crippen molar-refractivity contribution in [2.45, 2.75) is 44.6 Å². The topological polar surface area (TPSA) is 26.0 Å². The lowest BCUT2D eigenvalue weighted by atomic mass is 9.96. The molecule has 20 heavy (non-hydrogen) atoms. The minimum absolute atomic E-state index is 0.0963. The van der Waals surface area contributed by atoms with Crippen molar-refractivity contribution in [3.05, 3.63) is 59.7 Å². The fraction of sp³-hybridized carbons (Fsp3) is 0.368. The summed E-state index contributed by atoms with van der Waals surface area (Å²) in [6, 6.07) is 17.7. The second kappa shape index (κ2) is 5.06. The molecule has 104 valence electrons. The third kappa shape index (κ3) is 2.94. The molecule has 0 spiro atoms. The van der Waals surface area contributed by atoms with Crippen molar-refractivity contribution < 1.29 is 0 Å². The quantitative estimate of drug-likeness (QED) is 0.864. The van der Waals surface area contributed by atoms with Gasteiger partial charge < -0.3 is 5.73 Å². The van der Waals surface area contributed by atoms with Crippen LogP contribution >= 0.6 is 0 Å². The van der Waals surface area contributed by atoms with E-state index in [0.29, 0.717) is 5.92 Å². The normalized spacial score (nSPS) is 16.4. The van der Waals surface area contributed by atoms with E-state index in [1.54, 1.807) is 0 Å². The highest BCUT2D eigenvalue weighted by molar-refractivity contribution is 5.64. The Morgan fingerprint density at radius 3 is 2.30 bits per heavy atom. The Hall–Kier alpha value is -1.60. The summed E-state index contributed by atoms with van der Waals surface area (Å²) in [5.74, 6) is 0.571. The number of benzene rings is 2. The maximum Gasteiger partial charge on any atom is 0.0196 e.